The van der Waals surface area contributed by atoms with Crippen molar-refractivity contribution in [1.29, 1.82) is 0 Å². The van der Waals surface area contributed by atoms with Gasteiger partial charge in [0.25, 0.3) is 10.1 Å². The minimum atomic E-state index is -3.92. The average Bonchev–Trinajstić information content (AvgIpc) is 1.79. The molecule has 0 aromatic heterocycles. The number of hydrogen-bond acceptors (Lipinski definition) is 3. The normalized spacial score (nSPS) is 13.9. The minimum absolute atomic E-state index is 0.211. The lowest BCUT2D eigenvalue weighted by Crippen LogP contribution is -2.29. The maximum Gasteiger partial charge on any atom is 0.265 e. The molecule has 0 aliphatic carbocycles. The summed E-state index contributed by atoms with van der Waals surface area (Å²) in [5, 5.41) is 2.45. The zero-order valence-corrected chi connectivity index (χ0v) is 7.89. The van der Waals surface area contributed by atoms with Gasteiger partial charge < -0.3 is 5.32 Å². The summed E-state index contributed by atoms with van der Waals surface area (Å²) in [4.78, 5) is 10.4. The molecule has 0 heterocycles. The van der Waals surface area contributed by atoms with Crippen molar-refractivity contribution in [3.05, 3.63) is 0 Å². The maximum atomic E-state index is 10.4. The second kappa shape index (κ2) is 4.42. The van der Waals surface area contributed by atoms with E-state index in [-0.39, 0.29) is 24.1 Å². The van der Waals surface area contributed by atoms with Crippen LogP contribution in [0.2, 0.25) is 0 Å². The summed E-state index contributed by atoms with van der Waals surface area (Å²) in [5.74, 6) is -0.811. The molecule has 0 saturated heterocycles. The van der Waals surface area contributed by atoms with E-state index in [1.54, 1.807) is 6.92 Å². The molecule has 12 heavy (non-hydrogen) atoms. The lowest BCUT2D eigenvalue weighted by molar-refractivity contribution is -0.119. The predicted octanol–water partition coefficient (Wildman–Crippen LogP) is -0.354. The Hall–Kier alpha value is -0.620. The van der Waals surface area contributed by atoms with E-state index in [9.17, 15) is 13.2 Å². The van der Waals surface area contributed by atoms with Crippen LogP contribution < -0.4 is 5.32 Å². The molecule has 6 heteroatoms. The van der Waals surface area contributed by atoms with Crippen molar-refractivity contribution < 1.29 is 17.8 Å². The highest BCUT2D eigenvalue weighted by Gasteiger charge is 2.11. The summed E-state index contributed by atoms with van der Waals surface area (Å²) in [6.45, 7) is 3.24. The summed E-state index contributed by atoms with van der Waals surface area (Å²) >= 11 is 0. The van der Waals surface area contributed by atoms with Crippen molar-refractivity contribution >= 4 is 16.0 Å². The Bertz CT molecular complexity index is 246. The van der Waals surface area contributed by atoms with Gasteiger partial charge in [0.15, 0.2) is 0 Å². The molecule has 72 valence electrons. The molecule has 0 rings (SSSR count). The van der Waals surface area contributed by atoms with Crippen LogP contribution in [0.3, 0.4) is 0 Å². The molecule has 0 spiro atoms. The Balaban J connectivity index is 3.75. The van der Waals surface area contributed by atoms with Crippen molar-refractivity contribution in [3.8, 4) is 0 Å². The highest BCUT2D eigenvalue weighted by molar-refractivity contribution is 7.85. The first-order chi connectivity index (χ1) is 5.31. The lowest BCUT2D eigenvalue weighted by Gasteiger charge is -2.08. The van der Waals surface area contributed by atoms with E-state index in [2.05, 4.69) is 5.32 Å². The van der Waals surface area contributed by atoms with Gasteiger partial charge in [0.1, 0.15) is 0 Å². The van der Waals surface area contributed by atoms with Crippen LogP contribution in [-0.4, -0.2) is 31.2 Å². The summed E-state index contributed by atoms with van der Waals surface area (Å²) in [6.07, 6.45) is 0. The third kappa shape index (κ3) is 7.49. The van der Waals surface area contributed by atoms with Crippen molar-refractivity contribution in [2.75, 3.05) is 12.3 Å². The van der Waals surface area contributed by atoms with Crippen LogP contribution in [0.25, 0.3) is 0 Å². The molecule has 1 atom stereocenters. The van der Waals surface area contributed by atoms with Gasteiger partial charge in [-0.3, -0.25) is 9.35 Å². The summed E-state index contributed by atoms with van der Waals surface area (Å²) in [5.41, 5.74) is 0. The molecular formula is C6H13NO4S. The summed E-state index contributed by atoms with van der Waals surface area (Å²) in [6, 6.07) is 0. The first kappa shape index (κ1) is 11.4. The number of rotatable bonds is 4. The van der Waals surface area contributed by atoms with E-state index >= 15 is 0 Å². The summed E-state index contributed by atoms with van der Waals surface area (Å²) in [7, 11) is -3.92. The van der Waals surface area contributed by atoms with Crippen LogP contribution in [0.1, 0.15) is 13.8 Å². The van der Waals surface area contributed by atoms with Gasteiger partial charge in [0.05, 0.1) is 5.75 Å². The SMILES string of the molecule is CC(=O)NCC(C)CS(=O)(=O)O. The molecular weight excluding hydrogens is 182 g/mol. The Labute approximate surface area is 71.9 Å². The van der Waals surface area contributed by atoms with Crippen LogP contribution in [0.5, 0.6) is 0 Å². The molecule has 0 bridgehead atoms. The molecule has 0 radical (unpaired) electrons. The fourth-order valence-corrected chi connectivity index (χ4v) is 1.57. The second-order valence-corrected chi connectivity index (χ2v) is 4.29. The molecule has 0 aliphatic rings. The van der Waals surface area contributed by atoms with Gasteiger partial charge in [0, 0.05) is 13.5 Å². The number of amides is 1. The van der Waals surface area contributed by atoms with E-state index < -0.39 is 10.1 Å². The number of carbonyl (C=O) groups is 1. The van der Waals surface area contributed by atoms with E-state index in [1.807, 2.05) is 0 Å². The Morgan fingerprint density at radius 1 is 1.58 bits per heavy atom. The van der Waals surface area contributed by atoms with Gasteiger partial charge in [-0.25, -0.2) is 0 Å². The first-order valence-corrected chi connectivity index (χ1v) is 5.12. The van der Waals surface area contributed by atoms with Gasteiger partial charge in [-0.2, -0.15) is 8.42 Å². The van der Waals surface area contributed by atoms with Crippen LogP contribution >= 0.6 is 0 Å². The molecule has 0 aromatic rings. The number of hydrogen-bond donors (Lipinski definition) is 2. The van der Waals surface area contributed by atoms with Gasteiger partial charge >= 0.3 is 0 Å². The van der Waals surface area contributed by atoms with Crippen LogP contribution in [0.15, 0.2) is 0 Å². The third-order valence-electron chi connectivity index (χ3n) is 1.19. The van der Waals surface area contributed by atoms with E-state index in [1.165, 1.54) is 6.92 Å². The smallest absolute Gasteiger partial charge is 0.265 e. The third-order valence-corrected chi connectivity index (χ3v) is 2.18. The van der Waals surface area contributed by atoms with Gasteiger partial charge in [-0.1, -0.05) is 6.92 Å². The standard InChI is InChI=1S/C6H13NO4S/c1-5(3-7-6(2)8)4-12(9,10)11/h5H,3-4H2,1-2H3,(H,7,8)(H,9,10,11). The molecule has 0 aromatic carbocycles. The van der Waals surface area contributed by atoms with E-state index in [0.717, 1.165) is 0 Å². The average molecular weight is 195 g/mol. The van der Waals surface area contributed by atoms with Gasteiger partial charge in [-0.15, -0.1) is 0 Å². The van der Waals surface area contributed by atoms with Crippen LogP contribution in [-0.2, 0) is 14.9 Å². The largest absolute Gasteiger partial charge is 0.356 e. The van der Waals surface area contributed by atoms with Crippen molar-refractivity contribution in [2.45, 2.75) is 13.8 Å². The zero-order valence-electron chi connectivity index (χ0n) is 7.07. The fourth-order valence-electron chi connectivity index (χ4n) is 0.736. The van der Waals surface area contributed by atoms with Crippen molar-refractivity contribution in [1.82, 2.24) is 5.32 Å². The summed E-state index contributed by atoms with van der Waals surface area (Å²) < 4.78 is 29.1. The first-order valence-electron chi connectivity index (χ1n) is 3.51. The molecule has 1 amide bonds. The van der Waals surface area contributed by atoms with Gasteiger partial charge in [-0.05, 0) is 5.92 Å². The van der Waals surface area contributed by atoms with Crippen LogP contribution in [0.4, 0.5) is 0 Å². The molecule has 0 saturated carbocycles. The molecule has 2 N–H and O–H groups in total. The topological polar surface area (TPSA) is 83.5 Å². The van der Waals surface area contributed by atoms with E-state index in [4.69, 9.17) is 4.55 Å². The monoisotopic (exact) mass is 195 g/mol. The maximum absolute atomic E-state index is 10.4. The number of carbonyl (C=O) groups excluding carboxylic acids is 1. The number of nitrogens with one attached hydrogen (secondary N) is 1. The quantitative estimate of drug-likeness (QED) is 0.600. The van der Waals surface area contributed by atoms with Gasteiger partial charge in [0.2, 0.25) is 5.91 Å². The van der Waals surface area contributed by atoms with Crippen molar-refractivity contribution in [2.24, 2.45) is 5.92 Å². The highest BCUT2D eigenvalue weighted by Crippen LogP contribution is 1.97. The second-order valence-electron chi connectivity index (χ2n) is 2.79. The molecule has 0 aliphatic heterocycles. The lowest BCUT2D eigenvalue weighted by atomic mass is 10.2. The van der Waals surface area contributed by atoms with E-state index in [0.29, 0.717) is 0 Å². The molecule has 0 fully saturated rings. The Morgan fingerprint density at radius 3 is 2.42 bits per heavy atom. The Morgan fingerprint density at radius 2 is 2.08 bits per heavy atom. The Kier molecular flexibility index (Phi) is 4.19. The zero-order chi connectivity index (χ0) is 9.78. The molecule has 5 nitrogen and oxygen atoms in total. The highest BCUT2D eigenvalue weighted by atomic mass is 32.2. The van der Waals surface area contributed by atoms with Crippen molar-refractivity contribution in [3.63, 3.8) is 0 Å². The predicted molar refractivity (Wildman–Crippen MR) is 44.3 cm³/mol. The van der Waals surface area contributed by atoms with Crippen LogP contribution in [0, 0.1) is 5.92 Å². The molecule has 1 unspecified atom stereocenters. The fraction of sp³-hybridized carbons (Fsp3) is 0.833. The minimum Gasteiger partial charge on any atom is -0.356 e.